The van der Waals surface area contributed by atoms with Gasteiger partial charge in [-0.15, -0.1) is 0 Å². The van der Waals surface area contributed by atoms with Gasteiger partial charge in [-0.05, 0) is 37.5 Å². The minimum absolute atomic E-state index is 0.0561. The number of carbonyl (C=O) groups excluding carboxylic acids is 5. The van der Waals surface area contributed by atoms with E-state index >= 15 is 0 Å². The van der Waals surface area contributed by atoms with Crippen molar-refractivity contribution in [2.75, 3.05) is 19.9 Å². The Labute approximate surface area is 165 Å². The lowest BCUT2D eigenvalue weighted by Gasteiger charge is -2.27. The summed E-state index contributed by atoms with van der Waals surface area (Å²) in [7, 11) is 0. The van der Waals surface area contributed by atoms with Crippen molar-refractivity contribution in [2.45, 2.75) is 31.7 Å². The van der Waals surface area contributed by atoms with Crippen molar-refractivity contribution in [1.29, 1.82) is 0 Å². The van der Waals surface area contributed by atoms with Gasteiger partial charge in [0.05, 0.1) is 11.1 Å². The van der Waals surface area contributed by atoms with Gasteiger partial charge >= 0.3 is 6.09 Å². The molecule has 1 atom stereocenters. The predicted molar refractivity (Wildman–Crippen MR) is 95.9 cm³/mol. The number of amides is 5. The number of fused-ring (bicyclic) bond motifs is 1. The summed E-state index contributed by atoms with van der Waals surface area (Å²) in [6.07, 6.45) is 1.58. The summed E-state index contributed by atoms with van der Waals surface area (Å²) in [5, 5.41) is 2.15. The Hall–Kier alpha value is -3.43. The number of imide groups is 2. The van der Waals surface area contributed by atoms with Crippen molar-refractivity contribution >= 4 is 29.7 Å². The highest BCUT2D eigenvalue weighted by atomic mass is 16.7. The maximum absolute atomic E-state index is 12.7. The molecule has 3 heterocycles. The molecule has 3 aliphatic rings. The molecule has 1 aromatic rings. The van der Waals surface area contributed by atoms with E-state index in [0.29, 0.717) is 13.1 Å². The molecule has 2 fully saturated rings. The number of benzene rings is 1. The van der Waals surface area contributed by atoms with Crippen LogP contribution in [0, 0.1) is 0 Å². The molecular weight excluding hydrogens is 382 g/mol. The van der Waals surface area contributed by atoms with Crippen molar-refractivity contribution in [3.05, 3.63) is 29.3 Å². The van der Waals surface area contributed by atoms with Gasteiger partial charge in [0.1, 0.15) is 11.8 Å². The fourth-order valence-corrected chi connectivity index (χ4v) is 3.68. The van der Waals surface area contributed by atoms with Crippen molar-refractivity contribution in [2.24, 2.45) is 0 Å². The van der Waals surface area contributed by atoms with Gasteiger partial charge in [-0.1, -0.05) is 0 Å². The highest BCUT2D eigenvalue weighted by Gasteiger charge is 2.44. The number of nitrogens with one attached hydrogen (secondary N) is 1. The van der Waals surface area contributed by atoms with Gasteiger partial charge < -0.3 is 14.4 Å². The zero-order chi connectivity index (χ0) is 20.5. The molecule has 1 unspecified atom stereocenters. The standard InChI is InChI=1S/C19H19N3O7/c23-15-6-5-14(16(24)20-15)22-17(25)12-4-3-11(9-13(12)18(22)26)28-10-29-19(27)21-7-1-2-8-21/h3-4,9,14H,1-2,5-8,10H2,(H,20,23,24). The molecular formula is C19H19N3O7. The maximum Gasteiger partial charge on any atom is 0.412 e. The average Bonchev–Trinajstić information content (AvgIpc) is 3.31. The second kappa shape index (κ2) is 7.53. The number of likely N-dealkylation sites (tertiary alicyclic amines) is 1. The van der Waals surface area contributed by atoms with Crippen LogP contribution in [0.4, 0.5) is 4.79 Å². The quantitative estimate of drug-likeness (QED) is 0.581. The monoisotopic (exact) mass is 401 g/mol. The van der Waals surface area contributed by atoms with Crippen LogP contribution in [0.2, 0.25) is 0 Å². The lowest BCUT2D eigenvalue weighted by Crippen LogP contribution is -2.54. The molecule has 5 amide bonds. The van der Waals surface area contributed by atoms with E-state index < -0.39 is 35.8 Å². The van der Waals surface area contributed by atoms with Gasteiger partial charge in [0.15, 0.2) is 0 Å². The van der Waals surface area contributed by atoms with Crippen LogP contribution < -0.4 is 10.1 Å². The molecule has 4 rings (SSSR count). The minimum Gasteiger partial charge on any atom is -0.457 e. The molecule has 0 spiro atoms. The smallest absolute Gasteiger partial charge is 0.412 e. The normalized spacial score (nSPS) is 21.3. The van der Waals surface area contributed by atoms with Crippen molar-refractivity contribution in [1.82, 2.24) is 15.1 Å². The second-order valence-electron chi connectivity index (χ2n) is 7.02. The highest BCUT2D eigenvalue weighted by molar-refractivity contribution is 6.23. The zero-order valence-electron chi connectivity index (χ0n) is 15.5. The molecule has 2 saturated heterocycles. The van der Waals surface area contributed by atoms with Crippen molar-refractivity contribution < 1.29 is 33.4 Å². The predicted octanol–water partition coefficient (Wildman–Crippen LogP) is 0.656. The molecule has 3 aliphatic heterocycles. The van der Waals surface area contributed by atoms with Gasteiger partial charge in [0.2, 0.25) is 18.6 Å². The van der Waals surface area contributed by atoms with Crippen LogP contribution in [0.25, 0.3) is 0 Å². The number of hydrogen-bond acceptors (Lipinski definition) is 7. The Kier molecular flexibility index (Phi) is 4.91. The van der Waals surface area contributed by atoms with Gasteiger partial charge in [-0.2, -0.15) is 0 Å². The highest BCUT2D eigenvalue weighted by Crippen LogP contribution is 2.30. The van der Waals surface area contributed by atoms with E-state index in [9.17, 15) is 24.0 Å². The summed E-state index contributed by atoms with van der Waals surface area (Å²) in [4.78, 5) is 63.0. The number of piperidine rings is 1. The van der Waals surface area contributed by atoms with Gasteiger partial charge in [-0.25, -0.2) is 4.79 Å². The van der Waals surface area contributed by atoms with Gasteiger partial charge in [-0.3, -0.25) is 29.4 Å². The van der Waals surface area contributed by atoms with Crippen molar-refractivity contribution in [3.8, 4) is 5.75 Å². The summed E-state index contributed by atoms with van der Waals surface area (Å²) < 4.78 is 10.4. The van der Waals surface area contributed by atoms with Crippen LogP contribution >= 0.6 is 0 Å². The first kappa shape index (κ1) is 18.9. The summed E-state index contributed by atoms with van der Waals surface area (Å²) in [6, 6.07) is 3.28. The Morgan fingerprint density at radius 2 is 1.79 bits per heavy atom. The van der Waals surface area contributed by atoms with Crippen LogP contribution in [-0.4, -0.2) is 65.4 Å². The Morgan fingerprint density at radius 3 is 2.52 bits per heavy atom. The van der Waals surface area contributed by atoms with E-state index in [4.69, 9.17) is 9.47 Å². The number of hydrogen-bond donors (Lipinski definition) is 1. The first-order valence-corrected chi connectivity index (χ1v) is 9.36. The molecule has 0 aliphatic carbocycles. The molecule has 10 nitrogen and oxygen atoms in total. The molecule has 0 saturated carbocycles. The number of ether oxygens (including phenoxy) is 2. The van der Waals surface area contributed by atoms with Crippen LogP contribution in [0.3, 0.4) is 0 Å². The molecule has 1 aromatic carbocycles. The fraction of sp³-hybridized carbons (Fsp3) is 0.421. The van der Waals surface area contributed by atoms with Crippen LogP contribution in [-0.2, 0) is 14.3 Å². The average molecular weight is 401 g/mol. The molecule has 0 radical (unpaired) electrons. The molecule has 152 valence electrons. The zero-order valence-corrected chi connectivity index (χ0v) is 15.5. The third-order valence-corrected chi connectivity index (χ3v) is 5.18. The Morgan fingerprint density at radius 1 is 1.07 bits per heavy atom. The van der Waals surface area contributed by atoms with Crippen molar-refractivity contribution in [3.63, 3.8) is 0 Å². The molecule has 29 heavy (non-hydrogen) atoms. The second-order valence-corrected chi connectivity index (χ2v) is 7.02. The SMILES string of the molecule is O=C1CCC(N2C(=O)c3ccc(OCOC(=O)N4CCCC4)cc3C2=O)C(=O)N1. The molecule has 1 N–H and O–H groups in total. The van der Waals surface area contributed by atoms with E-state index in [0.717, 1.165) is 17.7 Å². The third-order valence-electron chi connectivity index (χ3n) is 5.18. The molecule has 0 aromatic heterocycles. The van der Waals surface area contributed by atoms with E-state index in [1.807, 2.05) is 0 Å². The van der Waals surface area contributed by atoms with Gasteiger partial charge in [0, 0.05) is 19.5 Å². The van der Waals surface area contributed by atoms with Crippen LogP contribution in [0.1, 0.15) is 46.4 Å². The number of carbonyl (C=O) groups is 5. The number of nitrogens with zero attached hydrogens (tertiary/aromatic N) is 2. The molecule has 0 bridgehead atoms. The lowest BCUT2D eigenvalue weighted by molar-refractivity contribution is -0.136. The summed E-state index contributed by atoms with van der Waals surface area (Å²) in [5.41, 5.74) is 0.254. The first-order chi connectivity index (χ1) is 14.0. The maximum atomic E-state index is 12.7. The first-order valence-electron chi connectivity index (χ1n) is 9.36. The fourth-order valence-electron chi connectivity index (χ4n) is 3.68. The van der Waals surface area contributed by atoms with Gasteiger partial charge in [0.25, 0.3) is 11.8 Å². The van der Waals surface area contributed by atoms with E-state index in [2.05, 4.69) is 5.32 Å². The minimum atomic E-state index is -1.02. The molecule has 10 heteroatoms. The van der Waals surface area contributed by atoms with E-state index in [-0.39, 0.29) is 36.5 Å². The van der Waals surface area contributed by atoms with Crippen LogP contribution in [0.5, 0.6) is 5.75 Å². The van der Waals surface area contributed by atoms with E-state index in [1.165, 1.54) is 18.2 Å². The van der Waals surface area contributed by atoms with Crippen LogP contribution in [0.15, 0.2) is 18.2 Å². The number of rotatable bonds is 4. The topological polar surface area (TPSA) is 122 Å². The van der Waals surface area contributed by atoms with E-state index in [1.54, 1.807) is 4.90 Å². The third kappa shape index (κ3) is 3.53. The summed E-state index contributed by atoms with van der Waals surface area (Å²) >= 11 is 0. The Bertz CT molecular complexity index is 907. The summed E-state index contributed by atoms with van der Waals surface area (Å²) in [6.45, 7) is 0.988. The summed E-state index contributed by atoms with van der Waals surface area (Å²) in [5.74, 6) is -2.06. The largest absolute Gasteiger partial charge is 0.457 e. The lowest BCUT2D eigenvalue weighted by atomic mass is 10.0. The Balaban J connectivity index is 1.42.